The number of amides is 1. The molecule has 1 N–H and O–H groups in total. The summed E-state index contributed by atoms with van der Waals surface area (Å²) in [6.07, 6.45) is 0.435. The Morgan fingerprint density at radius 1 is 1.41 bits per heavy atom. The number of benzene rings is 1. The maximum Gasteiger partial charge on any atom is 0.323 e. The predicted molar refractivity (Wildman–Crippen MR) is 73.3 cm³/mol. The molecule has 1 amide bonds. The topological polar surface area (TPSA) is 66.8 Å². The van der Waals surface area contributed by atoms with Gasteiger partial charge in [-0.3, -0.25) is 9.59 Å². The van der Waals surface area contributed by atoms with E-state index in [2.05, 4.69) is 0 Å². The Morgan fingerprint density at radius 3 is 2.73 bits per heavy atom. The van der Waals surface area contributed by atoms with Gasteiger partial charge in [-0.1, -0.05) is 6.07 Å². The van der Waals surface area contributed by atoms with Crippen molar-refractivity contribution in [2.45, 2.75) is 12.3 Å². The minimum atomic E-state index is -1.12. The maximum absolute atomic E-state index is 13.7. The number of halogens is 2. The smallest absolute Gasteiger partial charge is 0.323 e. The van der Waals surface area contributed by atoms with Gasteiger partial charge in [-0.05, 0) is 24.0 Å². The van der Waals surface area contributed by atoms with Crippen LogP contribution in [-0.2, 0) is 14.3 Å². The van der Waals surface area contributed by atoms with Gasteiger partial charge in [-0.25, -0.2) is 8.78 Å². The van der Waals surface area contributed by atoms with Crippen molar-refractivity contribution in [2.24, 2.45) is 5.92 Å². The normalized spacial score (nSPS) is 19.8. The molecular formula is C15H17F2NO4. The first kappa shape index (κ1) is 16.4. The molecule has 0 aliphatic heterocycles. The summed E-state index contributed by atoms with van der Waals surface area (Å²) >= 11 is 0. The van der Waals surface area contributed by atoms with Gasteiger partial charge in [0.1, 0.15) is 18.2 Å². The van der Waals surface area contributed by atoms with Gasteiger partial charge in [0.2, 0.25) is 5.91 Å². The number of hydrogen-bond donors (Lipinski definition) is 1. The highest BCUT2D eigenvalue weighted by Crippen LogP contribution is 2.49. The Bertz CT molecular complexity index is 579. The van der Waals surface area contributed by atoms with E-state index in [-0.39, 0.29) is 25.0 Å². The molecule has 0 spiro atoms. The van der Waals surface area contributed by atoms with Gasteiger partial charge in [0.05, 0.1) is 6.61 Å². The fourth-order valence-electron chi connectivity index (χ4n) is 2.48. The van der Waals surface area contributed by atoms with Crippen LogP contribution in [0.3, 0.4) is 0 Å². The lowest BCUT2D eigenvalue weighted by Crippen LogP contribution is -2.39. The maximum atomic E-state index is 13.7. The second-order valence-corrected chi connectivity index (χ2v) is 5.26. The molecule has 0 saturated heterocycles. The van der Waals surface area contributed by atoms with E-state index in [1.54, 1.807) is 0 Å². The van der Waals surface area contributed by atoms with Gasteiger partial charge < -0.3 is 14.7 Å². The molecule has 120 valence electrons. The lowest BCUT2D eigenvalue weighted by Gasteiger charge is -2.20. The van der Waals surface area contributed by atoms with Crippen molar-refractivity contribution in [3.63, 3.8) is 0 Å². The fourth-order valence-corrected chi connectivity index (χ4v) is 2.48. The van der Waals surface area contributed by atoms with Gasteiger partial charge in [-0.15, -0.1) is 0 Å². The van der Waals surface area contributed by atoms with Crippen LogP contribution in [0.2, 0.25) is 0 Å². The number of ether oxygens (including phenoxy) is 1. The molecule has 0 aromatic heterocycles. The molecule has 2 atom stereocenters. The summed E-state index contributed by atoms with van der Waals surface area (Å²) in [6, 6.07) is 3.27. The molecule has 0 bridgehead atoms. The first-order chi connectivity index (χ1) is 10.4. The Labute approximate surface area is 126 Å². The van der Waals surface area contributed by atoms with E-state index in [1.807, 2.05) is 0 Å². The molecule has 1 aliphatic rings. The van der Waals surface area contributed by atoms with Crippen LogP contribution in [0.15, 0.2) is 18.2 Å². The lowest BCUT2D eigenvalue weighted by molar-refractivity contribution is -0.145. The van der Waals surface area contributed by atoms with E-state index in [4.69, 9.17) is 9.84 Å². The standard InChI is InChI=1S/C15H17F2NO4/c1-22-5-4-18(8-14(19)20)15(21)12-7-11(12)10-3-2-9(16)6-13(10)17/h2-3,6,11-12H,4-5,7-8H2,1H3,(H,19,20)/t11-,12+/m1/s1. The molecule has 1 aromatic carbocycles. The van der Waals surface area contributed by atoms with Crippen LogP contribution < -0.4 is 0 Å². The molecular weight excluding hydrogens is 296 g/mol. The number of nitrogens with zero attached hydrogens (tertiary/aromatic N) is 1. The third kappa shape index (κ3) is 3.79. The highest BCUT2D eigenvalue weighted by atomic mass is 19.1. The van der Waals surface area contributed by atoms with Gasteiger partial charge >= 0.3 is 5.97 Å². The van der Waals surface area contributed by atoms with Crippen LogP contribution in [0.25, 0.3) is 0 Å². The number of carbonyl (C=O) groups is 2. The second kappa shape index (κ2) is 6.83. The first-order valence-electron chi connectivity index (χ1n) is 6.88. The average molecular weight is 313 g/mol. The third-order valence-electron chi connectivity index (χ3n) is 3.67. The number of methoxy groups -OCH3 is 1. The Kier molecular flexibility index (Phi) is 5.07. The highest BCUT2D eigenvalue weighted by molar-refractivity contribution is 5.86. The number of carboxylic acid groups (broad SMARTS) is 1. The molecule has 0 radical (unpaired) electrons. The van der Waals surface area contributed by atoms with Crippen molar-refractivity contribution >= 4 is 11.9 Å². The van der Waals surface area contributed by atoms with Gasteiger partial charge in [-0.2, -0.15) is 0 Å². The van der Waals surface area contributed by atoms with E-state index in [0.29, 0.717) is 12.0 Å². The Balaban J connectivity index is 2.05. The van der Waals surface area contributed by atoms with Crippen LogP contribution in [-0.4, -0.2) is 48.7 Å². The number of hydrogen-bond acceptors (Lipinski definition) is 3. The zero-order chi connectivity index (χ0) is 16.3. The molecule has 5 nitrogen and oxygen atoms in total. The number of carbonyl (C=O) groups excluding carboxylic acids is 1. The van der Waals surface area contributed by atoms with Gasteiger partial charge in [0, 0.05) is 25.6 Å². The van der Waals surface area contributed by atoms with Crippen molar-refractivity contribution in [1.29, 1.82) is 0 Å². The van der Waals surface area contributed by atoms with E-state index in [1.165, 1.54) is 18.1 Å². The second-order valence-electron chi connectivity index (χ2n) is 5.26. The fraction of sp³-hybridized carbons (Fsp3) is 0.467. The summed E-state index contributed by atoms with van der Waals surface area (Å²) in [5.74, 6) is -3.59. The monoisotopic (exact) mass is 313 g/mol. The third-order valence-corrected chi connectivity index (χ3v) is 3.67. The van der Waals surface area contributed by atoms with Crippen LogP contribution >= 0.6 is 0 Å². The number of aliphatic carboxylic acids is 1. The summed E-state index contributed by atoms with van der Waals surface area (Å²) in [6.45, 7) is -0.0324. The predicted octanol–water partition coefficient (Wildman–Crippen LogP) is 1.63. The van der Waals surface area contributed by atoms with Crippen molar-refractivity contribution < 1.29 is 28.2 Å². The van der Waals surface area contributed by atoms with Crippen molar-refractivity contribution in [1.82, 2.24) is 4.90 Å². The first-order valence-corrected chi connectivity index (χ1v) is 6.88. The summed E-state index contributed by atoms with van der Waals surface area (Å²) < 4.78 is 31.5. The summed E-state index contributed by atoms with van der Waals surface area (Å²) in [5, 5.41) is 8.86. The highest BCUT2D eigenvalue weighted by Gasteiger charge is 2.47. The zero-order valence-corrected chi connectivity index (χ0v) is 12.1. The van der Waals surface area contributed by atoms with Gasteiger partial charge in [0.15, 0.2) is 0 Å². The summed E-state index contributed by atoms with van der Waals surface area (Å²) in [4.78, 5) is 24.3. The lowest BCUT2D eigenvalue weighted by atomic mass is 10.1. The van der Waals surface area contributed by atoms with Crippen LogP contribution in [0.1, 0.15) is 17.9 Å². The van der Waals surface area contributed by atoms with Crippen LogP contribution in [0, 0.1) is 17.6 Å². The Hall–Kier alpha value is -2.02. The van der Waals surface area contributed by atoms with Crippen LogP contribution in [0.4, 0.5) is 8.78 Å². The van der Waals surface area contributed by atoms with Crippen molar-refractivity contribution in [3.8, 4) is 0 Å². The average Bonchev–Trinajstić information content (AvgIpc) is 3.22. The SMILES string of the molecule is COCCN(CC(=O)O)C(=O)[C@H]1C[C@@H]1c1ccc(F)cc1F. The molecule has 22 heavy (non-hydrogen) atoms. The minimum absolute atomic E-state index is 0.163. The molecule has 1 fully saturated rings. The number of rotatable bonds is 7. The summed E-state index contributed by atoms with van der Waals surface area (Å²) in [5.41, 5.74) is 0.293. The van der Waals surface area contributed by atoms with E-state index in [0.717, 1.165) is 12.1 Å². The molecule has 0 heterocycles. The molecule has 7 heteroatoms. The zero-order valence-electron chi connectivity index (χ0n) is 12.1. The van der Waals surface area contributed by atoms with Crippen molar-refractivity contribution in [3.05, 3.63) is 35.4 Å². The quantitative estimate of drug-likeness (QED) is 0.831. The van der Waals surface area contributed by atoms with E-state index in [9.17, 15) is 18.4 Å². The van der Waals surface area contributed by atoms with Gasteiger partial charge in [0.25, 0.3) is 0 Å². The molecule has 2 rings (SSSR count). The minimum Gasteiger partial charge on any atom is -0.480 e. The van der Waals surface area contributed by atoms with Crippen molar-refractivity contribution in [2.75, 3.05) is 26.8 Å². The van der Waals surface area contributed by atoms with E-state index < -0.39 is 30.1 Å². The largest absolute Gasteiger partial charge is 0.480 e. The Morgan fingerprint density at radius 2 is 2.14 bits per heavy atom. The molecule has 1 saturated carbocycles. The van der Waals surface area contributed by atoms with E-state index >= 15 is 0 Å². The number of carboxylic acids is 1. The molecule has 1 aromatic rings. The molecule has 1 aliphatic carbocycles. The summed E-state index contributed by atoms with van der Waals surface area (Å²) in [7, 11) is 1.46. The molecule has 0 unspecified atom stereocenters. The van der Waals surface area contributed by atoms with Crippen LogP contribution in [0.5, 0.6) is 0 Å².